The Hall–Kier alpha value is -3.15. The zero-order valence-electron chi connectivity index (χ0n) is 14.8. The van der Waals surface area contributed by atoms with Crippen LogP contribution in [-0.4, -0.2) is 29.9 Å². The molecule has 2 aromatic carbocycles. The van der Waals surface area contributed by atoms with Gasteiger partial charge in [-0.3, -0.25) is 9.69 Å². The molecule has 3 amide bonds. The maximum absolute atomic E-state index is 13.8. The Kier molecular flexibility index (Phi) is 4.62. The van der Waals surface area contributed by atoms with Crippen LogP contribution in [0.4, 0.5) is 14.9 Å². The van der Waals surface area contributed by atoms with Crippen LogP contribution in [-0.2, 0) is 11.3 Å². The minimum atomic E-state index is -0.539. The Balaban J connectivity index is 1.50. The van der Waals surface area contributed by atoms with Gasteiger partial charge in [-0.1, -0.05) is 30.3 Å². The minimum absolute atomic E-state index is 0.0947. The summed E-state index contributed by atoms with van der Waals surface area (Å²) in [5.74, 6) is -0.889. The molecule has 6 heteroatoms. The van der Waals surface area contributed by atoms with Gasteiger partial charge in [0.2, 0.25) is 0 Å². The molecule has 0 aliphatic carbocycles. The van der Waals surface area contributed by atoms with E-state index < -0.39 is 17.8 Å². The largest absolute Gasteiger partial charge is 0.372 e. The highest BCUT2D eigenvalue weighted by atomic mass is 19.1. The van der Waals surface area contributed by atoms with Crippen LogP contribution in [0.5, 0.6) is 0 Å². The van der Waals surface area contributed by atoms with E-state index >= 15 is 0 Å². The maximum Gasteiger partial charge on any atom is 0.329 e. The number of urea groups is 1. The molecule has 2 saturated heterocycles. The van der Waals surface area contributed by atoms with Crippen LogP contribution in [0.15, 0.2) is 54.2 Å². The maximum atomic E-state index is 13.8. The fourth-order valence-corrected chi connectivity index (χ4v) is 3.44. The second-order valence-electron chi connectivity index (χ2n) is 6.76. The zero-order chi connectivity index (χ0) is 18.8. The molecule has 0 bridgehead atoms. The molecule has 2 aliphatic heterocycles. The quantitative estimate of drug-likeness (QED) is 0.666. The number of benzene rings is 2. The molecular formula is C21H20FN3O2. The lowest BCUT2D eigenvalue weighted by Gasteiger charge is -2.17. The van der Waals surface area contributed by atoms with E-state index in [0.717, 1.165) is 29.2 Å². The molecule has 5 nitrogen and oxygen atoms in total. The smallest absolute Gasteiger partial charge is 0.329 e. The van der Waals surface area contributed by atoms with Crippen molar-refractivity contribution in [3.63, 3.8) is 0 Å². The molecule has 0 radical (unpaired) electrons. The van der Waals surface area contributed by atoms with Gasteiger partial charge in [-0.25, -0.2) is 9.18 Å². The number of imide groups is 1. The molecule has 0 atom stereocenters. The normalized spacial score (nSPS) is 18.5. The van der Waals surface area contributed by atoms with Gasteiger partial charge in [-0.05, 0) is 42.7 Å². The molecule has 2 heterocycles. The van der Waals surface area contributed by atoms with Crippen molar-refractivity contribution in [2.24, 2.45) is 0 Å². The van der Waals surface area contributed by atoms with Gasteiger partial charge in [0.25, 0.3) is 5.91 Å². The van der Waals surface area contributed by atoms with E-state index in [0.29, 0.717) is 5.56 Å². The number of carbonyl (C=O) groups is 2. The van der Waals surface area contributed by atoms with E-state index in [4.69, 9.17) is 0 Å². The summed E-state index contributed by atoms with van der Waals surface area (Å²) in [6, 6.07) is 13.5. The van der Waals surface area contributed by atoms with E-state index in [1.807, 2.05) is 24.3 Å². The number of nitrogens with one attached hydrogen (secondary N) is 1. The average Bonchev–Trinajstić information content (AvgIpc) is 3.29. The molecule has 2 aliphatic rings. The summed E-state index contributed by atoms with van der Waals surface area (Å²) in [5, 5.41) is 2.58. The molecule has 0 spiro atoms. The first-order valence-electron chi connectivity index (χ1n) is 9.05. The predicted octanol–water partition coefficient (Wildman–Crippen LogP) is 3.52. The van der Waals surface area contributed by atoms with Crippen LogP contribution < -0.4 is 10.2 Å². The molecule has 2 fully saturated rings. The number of carbonyl (C=O) groups excluding carboxylic acids is 2. The van der Waals surface area contributed by atoms with Crippen molar-refractivity contribution >= 4 is 23.7 Å². The molecule has 4 rings (SSSR count). The van der Waals surface area contributed by atoms with Crippen LogP contribution in [0.2, 0.25) is 0 Å². The third kappa shape index (κ3) is 3.56. The number of halogens is 1. The first-order valence-corrected chi connectivity index (χ1v) is 9.05. The summed E-state index contributed by atoms with van der Waals surface area (Å²) < 4.78 is 13.8. The Morgan fingerprint density at radius 3 is 2.41 bits per heavy atom. The number of anilines is 1. The SMILES string of the molecule is O=C1N/C(=C\c2ccc(N3CCCC3)cc2)C(=O)N1Cc1ccccc1F. The van der Waals surface area contributed by atoms with Gasteiger partial charge in [0.15, 0.2) is 0 Å². The van der Waals surface area contributed by atoms with Crippen molar-refractivity contribution in [3.05, 3.63) is 71.2 Å². The van der Waals surface area contributed by atoms with Gasteiger partial charge in [-0.15, -0.1) is 0 Å². The highest BCUT2D eigenvalue weighted by Gasteiger charge is 2.33. The van der Waals surface area contributed by atoms with E-state index in [1.54, 1.807) is 24.3 Å². The number of hydrogen-bond donors (Lipinski definition) is 1. The summed E-state index contributed by atoms with van der Waals surface area (Å²) in [6.45, 7) is 2.04. The Labute approximate surface area is 157 Å². The molecular weight excluding hydrogens is 345 g/mol. The summed E-state index contributed by atoms with van der Waals surface area (Å²) >= 11 is 0. The van der Waals surface area contributed by atoms with Crippen LogP contribution in [0.25, 0.3) is 6.08 Å². The summed E-state index contributed by atoms with van der Waals surface area (Å²) in [6.07, 6.45) is 4.07. The summed E-state index contributed by atoms with van der Waals surface area (Å²) in [4.78, 5) is 28.1. The van der Waals surface area contributed by atoms with E-state index in [9.17, 15) is 14.0 Å². The van der Waals surface area contributed by atoms with Crippen molar-refractivity contribution in [3.8, 4) is 0 Å². The third-order valence-corrected chi connectivity index (χ3v) is 4.92. The van der Waals surface area contributed by atoms with Gasteiger partial charge >= 0.3 is 6.03 Å². The van der Waals surface area contributed by atoms with Crippen LogP contribution in [0.1, 0.15) is 24.0 Å². The molecule has 0 saturated carbocycles. The van der Waals surface area contributed by atoms with Gasteiger partial charge in [0.05, 0.1) is 6.54 Å². The fraction of sp³-hybridized carbons (Fsp3) is 0.238. The highest BCUT2D eigenvalue weighted by Crippen LogP contribution is 2.22. The standard InChI is InChI=1S/C21H20FN3O2/c22-18-6-2-1-5-16(18)14-25-20(26)19(23-21(25)27)13-15-7-9-17(10-8-15)24-11-3-4-12-24/h1-2,5-10,13H,3-4,11-12,14H2,(H,23,27)/b19-13-. The third-order valence-electron chi connectivity index (χ3n) is 4.92. The highest BCUT2D eigenvalue weighted by molar-refractivity contribution is 6.13. The Morgan fingerprint density at radius 2 is 1.70 bits per heavy atom. The van der Waals surface area contributed by atoms with Crippen molar-refractivity contribution in [1.29, 1.82) is 0 Å². The number of nitrogens with zero attached hydrogens (tertiary/aromatic N) is 2. The van der Waals surface area contributed by atoms with E-state index in [1.165, 1.54) is 18.9 Å². The lowest BCUT2D eigenvalue weighted by molar-refractivity contribution is -0.123. The number of hydrogen-bond acceptors (Lipinski definition) is 3. The average molecular weight is 365 g/mol. The lowest BCUT2D eigenvalue weighted by atomic mass is 10.1. The molecule has 0 unspecified atom stereocenters. The van der Waals surface area contributed by atoms with E-state index in [-0.39, 0.29) is 12.2 Å². The van der Waals surface area contributed by atoms with Crippen molar-refractivity contribution in [2.45, 2.75) is 19.4 Å². The number of rotatable bonds is 4. The van der Waals surface area contributed by atoms with Crippen LogP contribution >= 0.6 is 0 Å². The molecule has 1 N–H and O–H groups in total. The monoisotopic (exact) mass is 365 g/mol. The molecule has 2 aromatic rings. The van der Waals surface area contributed by atoms with Gasteiger partial charge in [-0.2, -0.15) is 0 Å². The second kappa shape index (κ2) is 7.23. The first-order chi connectivity index (χ1) is 13.1. The van der Waals surface area contributed by atoms with Crippen LogP contribution in [0.3, 0.4) is 0 Å². The predicted molar refractivity (Wildman–Crippen MR) is 101 cm³/mol. The molecule has 138 valence electrons. The summed E-state index contributed by atoms with van der Waals surface area (Å²) in [5.41, 5.74) is 2.49. The minimum Gasteiger partial charge on any atom is -0.372 e. The Morgan fingerprint density at radius 1 is 1.00 bits per heavy atom. The van der Waals surface area contributed by atoms with Gasteiger partial charge in [0.1, 0.15) is 11.5 Å². The fourth-order valence-electron chi connectivity index (χ4n) is 3.44. The Bertz CT molecular complexity index is 902. The second-order valence-corrected chi connectivity index (χ2v) is 6.76. The summed E-state index contributed by atoms with van der Waals surface area (Å²) in [7, 11) is 0. The lowest BCUT2D eigenvalue weighted by Crippen LogP contribution is -2.30. The van der Waals surface area contributed by atoms with Gasteiger partial charge in [0, 0.05) is 24.3 Å². The zero-order valence-corrected chi connectivity index (χ0v) is 14.8. The van der Waals surface area contributed by atoms with Gasteiger partial charge < -0.3 is 10.2 Å². The molecule has 27 heavy (non-hydrogen) atoms. The van der Waals surface area contributed by atoms with E-state index in [2.05, 4.69) is 10.2 Å². The van der Waals surface area contributed by atoms with Crippen molar-refractivity contribution in [2.75, 3.05) is 18.0 Å². The number of amides is 3. The van der Waals surface area contributed by atoms with Crippen molar-refractivity contribution in [1.82, 2.24) is 10.2 Å². The topological polar surface area (TPSA) is 52.7 Å². The molecule has 0 aromatic heterocycles. The van der Waals surface area contributed by atoms with Crippen LogP contribution in [0, 0.1) is 5.82 Å². The first kappa shape index (κ1) is 17.3. The van der Waals surface area contributed by atoms with Crippen molar-refractivity contribution < 1.29 is 14.0 Å².